The predicted octanol–water partition coefficient (Wildman–Crippen LogP) is 2.99. The lowest BCUT2D eigenvalue weighted by molar-refractivity contribution is 0.203. The number of urea groups is 1. The summed E-state index contributed by atoms with van der Waals surface area (Å²) in [6.45, 7) is 2.48. The largest absolute Gasteiger partial charge is 0.396 e. The molecule has 34 heavy (non-hydrogen) atoms. The maximum atomic E-state index is 12.5. The highest BCUT2D eigenvalue weighted by Crippen LogP contribution is 2.26. The number of benzene rings is 2. The van der Waals surface area contributed by atoms with Gasteiger partial charge in [0, 0.05) is 55.6 Å². The second kappa shape index (κ2) is 11.2. The van der Waals surface area contributed by atoms with Crippen molar-refractivity contribution < 1.29 is 9.90 Å². The van der Waals surface area contributed by atoms with E-state index in [1.54, 1.807) is 12.4 Å². The van der Waals surface area contributed by atoms with Crippen molar-refractivity contribution in [3.05, 3.63) is 77.6 Å². The Hall–Kier alpha value is -4.09. The Balaban J connectivity index is 1.35. The first-order chi connectivity index (χ1) is 16.6. The molecule has 8 heteroatoms. The molecule has 0 aliphatic carbocycles. The van der Waals surface area contributed by atoms with Gasteiger partial charge in [-0.05, 0) is 48.6 Å². The van der Waals surface area contributed by atoms with E-state index in [0.717, 1.165) is 42.7 Å². The van der Waals surface area contributed by atoms with Gasteiger partial charge in [-0.1, -0.05) is 36.1 Å². The van der Waals surface area contributed by atoms with E-state index in [2.05, 4.69) is 43.4 Å². The van der Waals surface area contributed by atoms with E-state index in [1.807, 2.05) is 42.5 Å². The molecule has 0 unspecified atom stereocenters. The Morgan fingerprint density at radius 1 is 1.06 bits per heavy atom. The van der Waals surface area contributed by atoms with Gasteiger partial charge >= 0.3 is 6.03 Å². The van der Waals surface area contributed by atoms with Crippen molar-refractivity contribution in [3.63, 3.8) is 0 Å². The molecule has 2 amide bonds. The van der Waals surface area contributed by atoms with Crippen molar-refractivity contribution in [2.24, 2.45) is 5.92 Å². The summed E-state index contributed by atoms with van der Waals surface area (Å²) in [6.07, 6.45) is 5.09. The van der Waals surface area contributed by atoms with Crippen LogP contribution < -0.4 is 21.3 Å². The number of nitrogens with one attached hydrogen (secondary N) is 2. The lowest BCUT2D eigenvalue weighted by atomic mass is 9.97. The second-order valence-corrected chi connectivity index (χ2v) is 8.21. The van der Waals surface area contributed by atoms with Crippen LogP contribution in [0.1, 0.15) is 29.5 Å². The summed E-state index contributed by atoms with van der Waals surface area (Å²) in [6, 6.07) is 15.2. The highest BCUT2D eigenvalue weighted by atomic mass is 16.3. The van der Waals surface area contributed by atoms with Crippen LogP contribution in [0.3, 0.4) is 0 Å². The number of hydrogen-bond acceptors (Lipinski definition) is 6. The van der Waals surface area contributed by atoms with Crippen molar-refractivity contribution in [2.45, 2.75) is 19.4 Å². The van der Waals surface area contributed by atoms with Gasteiger partial charge in [-0.25, -0.2) is 14.8 Å². The highest BCUT2D eigenvalue weighted by molar-refractivity contribution is 5.89. The third-order valence-electron chi connectivity index (χ3n) is 5.79. The number of nitrogens with zero attached hydrogens (tertiary/aromatic N) is 3. The number of hydrogen-bond donors (Lipinski definition) is 4. The molecule has 3 aromatic rings. The monoisotopic (exact) mass is 456 g/mol. The van der Waals surface area contributed by atoms with Crippen LogP contribution in [0.2, 0.25) is 0 Å². The third kappa shape index (κ3) is 6.24. The summed E-state index contributed by atoms with van der Waals surface area (Å²) < 4.78 is 0. The number of aliphatic hydroxyl groups excluding tert-OH is 1. The molecule has 2 aromatic carbocycles. The number of anilines is 3. The molecular weight excluding hydrogens is 428 g/mol. The van der Waals surface area contributed by atoms with Crippen LogP contribution in [0.5, 0.6) is 0 Å². The fourth-order valence-corrected chi connectivity index (χ4v) is 3.90. The lowest BCUT2D eigenvalue weighted by Gasteiger charge is -2.34. The molecule has 2 heterocycles. The summed E-state index contributed by atoms with van der Waals surface area (Å²) in [5, 5.41) is 15.2. The molecule has 1 aliphatic rings. The Bertz CT molecular complexity index is 1180. The van der Waals surface area contributed by atoms with E-state index in [4.69, 9.17) is 5.73 Å². The number of aromatic nitrogens is 2. The number of carbonyl (C=O) groups is 1. The van der Waals surface area contributed by atoms with Crippen LogP contribution in [0.25, 0.3) is 0 Å². The van der Waals surface area contributed by atoms with Gasteiger partial charge in [0.05, 0.1) is 5.56 Å². The van der Waals surface area contributed by atoms with E-state index in [0.29, 0.717) is 23.7 Å². The standard InChI is InChI=1S/C26H28N6O2/c27-25-28-15-21(16-29-25)9-8-19-4-3-6-23(14-19)31-26(34)30-17-22-5-1-2-7-24(22)32-12-10-20(18-33)11-13-32/h1-7,14-16,20,33H,10-13,17-18H2,(H2,27,28,29)(H2,30,31,34). The molecule has 1 aromatic heterocycles. The molecular formula is C26H28N6O2. The Labute approximate surface area is 199 Å². The van der Waals surface area contributed by atoms with Crippen LogP contribution >= 0.6 is 0 Å². The number of para-hydroxylation sites is 1. The molecule has 1 aliphatic heterocycles. The molecule has 0 bridgehead atoms. The van der Waals surface area contributed by atoms with Crippen LogP contribution in [-0.4, -0.2) is 40.8 Å². The molecule has 0 saturated carbocycles. The molecule has 1 saturated heterocycles. The van der Waals surface area contributed by atoms with Crippen molar-refractivity contribution in [2.75, 3.05) is 35.6 Å². The minimum absolute atomic E-state index is 0.205. The quantitative estimate of drug-likeness (QED) is 0.439. The Kier molecular flexibility index (Phi) is 7.58. The maximum absolute atomic E-state index is 12.5. The van der Waals surface area contributed by atoms with Crippen LogP contribution in [0.4, 0.5) is 22.1 Å². The predicted molar refractivity (Wildman–Crippen MR) is 133 cm³/mol. The second-order valence-electron chi connectivity index (χ2n) is 8.21. The number of rotatable bonds is 5. The van der Waals surface area contributed by atoms with Gasteiger partial charge in [-0.2, -0.15) is 0 Å². The summed E-state index contributed by atoms with van der Waals surface area (Å²) in [5.41, 5.74) is 9.74. The molecule has 174 valence electrons. The molecule has 0 atom stereocenters. The van der Waals surface area contributed by atoms with Crippen molar-refractivity contribution in [1.29, 1.82) is 0 Å². The molecule has 5 N–H and O–H groups in total. The normalized spacial score (nSPS) is 13.6. The van der Waals surface area contributed by atoms with Crippen LogP contribution in [0.15, 0.2) is 60.9 Å². The van der Waals surface area contributed by atoms with Gasteiger partial charge in [-0.15, -0.1) is 0 Å². The van der Waals surface area contributed by atoms with Gasteiger partial charge in [0.15, 0.2) is 0 Å². The maximum Gasteiger partial charge on any atom is 0.319 e. The molecule has 0 spiro atoms. The van der Waals surface area contributed by atoms with Gasteiger partial charge in [0.1, 0.15) is 0 Å². The van der Waals surface area contributed by atoms with E-state index in [-0.39, 0.29) is 18.6 Å². The number of carbonyl (C=O) groups excluding carboxylic acids is 1. The zero-order valence-electron chi connectivity index (χ0n) is 18.9. The zero-order chi connectivity index (χ0) is 23.8. The topological polar surface area (TPSA) is 116 Å². The first kappa shape index (κ1) is 23.1. The minimum Gasteiger partial charge on any atom is -0.396 e. The summed E-state index contributed by atoms with van der Waals surface area (Å²) in [4.78, 5) is 22.7. The molecule has 1 fully saturated rings. The van der Waals surface area contributed by atoms with E-state index in [9.17, 15) is 9.90 Å². The summed E-state index contributed by atoms with van der Waals surface area (Å²) in [5.74, 6) is 6.61. The number of nitrogen functional groups attached to an aromatic ring is 1. The van der Waals surface area contributed by atoms with Crippen molar-refractivity contribution in [3.8, 4) is 11.8 Å². The summed E-state index contributed by atoms with van der Waals surface area (Å²) >= 11 is 0. The van der Waals surface area contributed by atoms with E-state index < -0.39 is 0 Å². The SMILES string of the molecule is Nc1ncc(C#Cc2cccc(NC(=O)NCc3ccccc3N3CCC(CO)CC3)c2)cn1. The van der Waals surface area contributed by atoms with Gasteiger partial charge in [-0.3, -0.25) is 0 Å². The van der Waals surface area contributed by atoms with Gasteiger partial charge in [0.25, 0.3) is 0 Å². The molecule has 4 rings (SSSR count). The first-order valence-corrected chi connectivity index (χ1v) is 11.3. The fourth-order valence-electron chi connectivity index (χ4n) is 3.90. The zero-order valence-corrected chi connectivity index (χ0v) is 18.9. The van der Waals surface area contributed by atoms with Gasteiger partial charge < -0.3 is 26.4 Å². The minimum atomic E-state index is -0.286. The fraction of sp³-hybridized carbons (Fsp3) is 0.269. The average molecular weight is 457 g/mol. The number of amides is 2. The Morgan fingerprint density at radius 2 is 1.79 bits per heavy atom. The first-order valence-electron chi connectivity index (χ1n) is 11.3. The van der Waals surface area contributed by atoms with Crippen molar-refractivity contribution >= 4 is 23.4 Å². The molecule has 0 radical (unpaired) electrons. The van der Waals surface area contributed by atoms with E-state index in [1.165, 1.54) is 0 Å². The third-order valence-corrected chi connectivity index (χ3v) is 5.79. The molecule has 8 nitrogen and oxygen atoms in total. The van der Waals surface area contributed by atoms with Crippen LogP contribution in [0, 0.1) is 17.8 Å². The van der Waals surface area contributed by atoms with Gasteiger partial charge in [0.2, 0.25) is 5.95 Å². The lowest BCUT2D eigenvalue weighted by Crippen LogP contribution is -2.36. The number of aliphatic hydroxyl groups is 1. The van der Waals surface area contributed by atoms with E-state index >= 15 is 0 Å². The van der Waals surface area contributed by atoms with Crippen LogP contribution in [-0.2, 0) is 6.54 Å². The highest BCUT2D eigenvalue weighted by Gasteiger charge is 2.20. The van der Waals surface area contributed by atoms with Crippen molar-refractivity contribution in [1.82, 2.24) is 15.3 Å². The summed E-state index contributed by atoms with van der Waals surface area (Å²) in [7, 11) is 0. The number of piperidine rings is 1. The number of nitrogens with two attached hydrogens (primary N) is 1. The average Bonchev–Trinajstić information content (AvgIpc) is 2.88. The smallest absolute Gasteiger partial charge is 0.319 e. The Morgan fingerprint density at radius 3 is 2.56 bits per heavy atom.